The number of fused-ring (bicyclic) bond motifs is 1. The van der Waals surface area contributed by atoms with E-state index in [0.717, 1.165) is 10.6 Å². The molecule has 92 valence electrons. The first-order chi connectivity index (χ1) is 8.68. The molecule has 2 aromatic rings. The van der Waals surface area contributed by atoms with Crippen LogP contribution in [0.4, 0.5) is 0 Å². The Morgan fingerprint density at radius 2 is 1.67 bits per heavy atom. The van der Waals surface area contributed by atoms with E-state index >= 15 is 0 Å². The van der Waals surface area contributed by atoms with Crippen LogP contribution in [0.5, 0.6) is 11.5 Å². The first-order valence-corrected chi connectivity index (χ1v) is 7.87. The maximum atomic E-state index is 12.9. The van der Waals surface area contributed by atoms with Gasteiger partial charge in [-0.3, -0.25) is 0 Å². The Bertz CT molecular complexity index is 622. The number of benzene rings is 2. The fourth-order valence-corrected chi connectivity index (χ4v) is 3.77. The van der Waals surface area contributed by atoms with Crippen LogP contribution < -0.4 is 20.1 Å². The van der Waals surface area contributed by atoms with Crippen LogP contribution in [0.15, 0.2) is 48.5 Å². The summed E-state index contributed by atoms with van der Waals surface area (Å²) in [4.78, 5) is 0. The molecule has 0 saturated carbocycles. The summed E-state index contributed by atoms with van der Waals surface area (Å²) >= 11 is 0. The first kappa shape index (κ1) is 11.4. The van der Waals surface area contributed by atoms with Gasteiger partial charge in [0.25, 0.3) is 0 Å². The number of ether oxygens (including phenoxy) is 2. The Hall–Kier alpha value is -1.73. The molecule has 0 bridgehead atoms. The van der Waals surface area contributed by atoms with Gasteiger partial charge in [-0.05, 0) is 24.9 Å². The molecule has 18 heavy (non-hydrogen) atoms. The zero-order valence-electron chi connectivity index (χ0n) is 10.00. The molecule has 3 nitrogen and oxygen atoms in total. The third kappa shape index (κ3) is 1.81. The fourth-order valence-electron chi connectivity index (χ4n) is 2.01. The van der Waals surface area contributed by atoms with E-state index in [1.54, 1.807) is 6.66 Å². The van der Waals surface area contributed by atoms with Crippen molar-refractivity contribution in [1.82, 2.24) is 0 Å². The fraction of sp³-hybridized carbons (Fsp3) is 0.143. The van der Waals surface area contributed by atoms with Gasteiger partial charge in [-0.25, -0.2) is 0 Å². The molecule has 4 heteroatoms. The summed E-state index contributed by atoms with van der Waals surface area (Å²) in [6, 6.07) is 15.0. The minimum atomic E-state index is -2.56. The van der Waals surface area contributed by atoms with Gasteiger partial charge in [0, 0.05) is 10.6 Å². The lowest BCUT2D eigenvalue weighted by atomic mass is 10.3. The van der Waals surface area contributed by atoms with Crippen molar-refractivity contribution in [3.05, 3.63) is 48.5 Å². The van der Waals surface area contributed by atoms with Crippen molar-refractivity contribution >= 4 is 17.8 Å². The summed E-state index contributed by atoms with van der Waals surface area (Å²) in [5.74, 6) is 1.39. The maximum absolute atomic E-state index is 12.9. The van der Waals surface area contributed by atoms with Gasteiger partial charge < -0.3 is 14.0 Å². The van der Waals surface area contributed by atoms with E-state index < -0.39 is 7.14 Å². The van der Waals surface area contributed by atoms with Crippen molar-refractivity contribution in [1.29, 1.82) is 0 Å². The van der Waals surface area contributed by atoms with Crippen molar-refractivity contribution in [2.45, 2.75) is 0 Å². The molecule has 1 aliphatic heterocycles. The summed E-state index contributed by atoms with van der Waals surface area (Å²) in [5.41, 5.74) is 0. The lowest BCUT2D eigenvalue weighted by Crippen LogP contribution is -2.14. The lowest BCUT2D eigenvalue weighted by molar-refractivity contribution is 0.174. The van der Waals surface area contributed by atoms with Crippen LogP contribution in [-0.4, -0.2) is 13.5 Å². The summed E-state index contributed by atoms with van der Waals surface area (Å²) in [6.45, 7) is 2.01. The SMILES string of the molecule is C[P@](=O)(c1ccccc1)c1ccc2c(c1)OCO2. The second kappa shape index (κ2) is 4.18. The summed E-state index contributed by atoms with van der Waals surface area (Å²) in [5, 5.41) is 1.64. The van der Waals surface area contributed by atoms with E-state index in [0.29, 0.717) is 11.5 Å². The molecular weight excluding hydrogens is 247 g/mol. The normalized spacial score (nSPS) is 16.3. The second-order valence-electron chi connectivity index (χ2n) is 4.30. The van der Waals surface area contributed by atoms with Gasteiger partial charge in [0.2, 0.25) is 6.79 Å². The van der Waals surface area contributed by atoms with Gasteiger partial charge in [0.15, 0.2) is 11.5 Å². The molecule has 0 radical (unpaired) electrons. The van der Waals surface area contributed by atoms with Crippen LogP contribution in [0, 0.1) is 0 Å². The molecule has 0 saturated heterocycles. The highest BCUT2D eigenvalue weighted by molar-refractivity contribution is 7.78. The molecule has 0 N–H and O–H groups in total. The van der Waals surface area contributed by atoms with Crippen LogP contribution in [-0.2, 0) is 4.57 Å². The van der Waals surface area contributed by atoms with E-state index in [2.05, 4.69) is 0 Å². The molecule has 0 amide bonds. The molecule has 0 fully saturated rings. The Morgan fingerprint density at radius 1 is 0.944 bits per heavy atom. The standard InChI is InChI=1S/C14H13O3P/c1-18(15,11-5-3-2-4-6-11)12-7-8-13-14(9-12)17-10-16-13/h2-9H,10H2,1H3/t18-/m0/s1. The number of rotatable bonds is 2. The molecule has 0 aliphatic carbocycles. The van der Waals surface area contributed by atoms with Gasteiger partial charge in [0.05, 0.1) is 0 Å². The Balaban J connectivity index is 2.07. The van der Waals surface area contributed by atoms with Gasteiger partial charge in [-0.2, -0.15) is 0 Å². The molecule has 3 rings (SSSR count). The van der Waals surface area contributed by atoms with Gasteiger partial charge >= 0.3 is 0 Å². The number of hydrogen-bond donors (Lipinski definition) is 0. The van der Waals surface area contributed by atoms with Crippen LogP contribution in [0.1, 0.15) is 0 Å². The smallest absolute Gasteiger partial charge is 0.231 e. The highest BCUT2D eigenvalue weighted by atomic mass is 31.2. The van der Waals surface area contributed by atoms with E-state index in [1.807, 2.05) is 48.5 Å². The topological polar surface area (TPSA) is 35.5 Å². The van der Waals surface area contributed by atoms with E-state index in [9.17, 15) is 4.57 Å². The minimum absolute atomic E-state index is 0.234. The van der Waals surface area contributed by atoms with Crippen LogP contribution >= 0.6 is 7.14 Å². The Labute approximate surface area is 106 Å². The number of hydrogen-bond acceptors (Lipinski definition) is 3. The van der Waals surface area contributed by atoms with Crippen LogP contribution in [0.2, 0.25) is 0 Å². The van der Waals surface area contributed by atoms with E-state index in [1.165, 1.54) is 0 Å². The predicted molar refractivity (Wildman–Crippen MR) is 71.8 cm³/mol. The summed E-state index contributed by atoms with van der Waals surface area (Å²) < 4.78 is 23.5. The average molecular weight is 260 g/mol. The van der Waals surface area contributed by atoms with Gasteiger partial charge in [-0.1, -0.05) is 30.3 Å². The van der Waals surface area contributed by atoms with Gasteiger partial charge in [0.1, 0.15) is 7.14 Å². The quantitative estimate of drug-likeness (QED) is 0.777. The monoisotopic (exact) mass is 260 g/mol. The van der Waals surface area contributed by atoms with Crippen molar-refractivity contribution in [2.75, 3.05) is 13.5 Å². The summed E-state index contributed by atoms with van der Waals surface area (Å²) in [7, 11) is -2.56. The van der Waals surface area contributed by atoms with Crippen molar-refractivity contribution in [3.63, 3.8) is 0 Å². The highest BCUT2D eigenvalue weighted by Gasteiger charge is 2.24. The molecule has 0 unspecified atom stereocenters. The zero-order valence-corrected chi connectivity index (χ0v) is 10.9. The van der Waals surface area contributed by atoms with Crippen molar-refractivity contribution in [3.8, 4) is 11.5 Å². The average Bonchev–Trinajstić information content (AvgIpc) is 2.87. The summed E-state index contributed by atoms with van der Waals surface area (Å²) in [6.07, 6.45) is 0. The minimum Gasteiger partial charge on any atom is -0.454 e. The molecule has 2 aromatic carbocycles. The van der Waals surface area contributed by atoms with Crippen molar-refractivity contribution in [2.24, 2.45) is 0 Å². The van der Waals surface area contributed by atoms with E-state index in [-0.39, 0.29) is 6.79 Å². The third-order valence-corrected chi connectivity index (χ3v) is 5.64. The Kier molecular flexibility index (Phi) is 2.64. The largest absolute Gasteiger partial charge is 0.454 e. The van der Waals surface area contributed by atoms with Crippen LogP contribution in [0.25, 0.3) is 0 Å². The molecule has 1 atom stereocenters. The molecule has 0 spiro atoms. The second-order valence-corrected chi connectivity index (χ2v) is 7.18. The maximum Gasteiger partial charge on any atom is 0.231 e. The molecule has 0 aromatic heterocycles. The van der Waals surface area contributed by atoms with Gasteiger partial charge in [-0.15, -0.1) is 0 Å². The molecular formula is C14H13O3P. The molecule has 1 heterocycles. The van der Waals surface area contributed by atoms with Crippen molar-refractivity contribution < 1.29 is 14.0 Å². The first-order valence-electron chi connectivity index (χ1n) is 5.71. The van der Waals surface area contributed by atoms with Crippen LogP contribution in [0.3, 0.4) is 0 Å². The zero-order chi connectivity index (χ0) is 12.6. The third-order valence-electron chi connectivity index (χ3n) is 3.10. The molecule has 1 aliphatic rings. The Morgan fingerprint density at radius 3 is 2.44 bits per heavy atom. The van der Waals surface area contributed by atoms with E-state index in [4.69, 9.17) is 9.47 Å². The highest BCUT2D eigenvalue weighted by Crippen LogP contribution is 2.42. The lowest BCUT2D eigenvalue weighted by Gasteiger charge is -2.14. The predicted octanol–water partition coefficient (Wildman–Crippen LogP) is 2.36.